The van der Waals surface area contributed by atoms with Crippen LogP contribution in [0.2, 0.25) is 18.1 Å². The molecule has 0 saturated heterocycles. The minimum atomic E-state index is -2.05. The van der Waals surface area contributed by atoms with E-state index in [0.717, 1.165) is 12.0 Å². The highest BCUT2D eigenvalue weighted by atomic mass is 28.4. The van der Waals surface area contributed by atoms with Crippen LogP contribution in [0.5, 0.6) is 0 Å². The van der Waals surface area contributed by atoms with Crippen molar-refractivity contribution in [2.45, 2.75) is 91.6 Å². The van der Waals surface area contributed by atoms with Gasteiger partial charge in [-0.3, -0.25) is 9.69 Å². The first-order chi connectivity index (χ1) is 13.6. The summed E-state index contributed by atoms with van der Waals surface area (Å²) in [6.07, 6.45) is 2.19. The lowest BCUT2D eigenvalue weighted by molar-refractivity contribution is -0.124. The fraction of sp³-hybridized carbons (Fsp3) is 0.818. The van der Waals surface area contributed by atoms with Gasteiger partial charge in [0.2, 0.25) is 5.91 Å². The minimum Gasteiger partial charge on any atom is -0.444 e. The van der Waals surface area contributed by atoms with Gasteiger partial charge >= 0.3 is 6.09 Å². The monoisotopic (exact) mass is 444 g/mol. The van der Waals surface area contributed by atoms with Crippen LogP contribution in [-0.2, 0) is 18.7 Å². The third kappa shape index (κ3) is 9.62. The number of rotatable bonds is 10. The molecule has 7 nitrogen and oxygen atoms in total. The Morgan fingerprint density at radius 2 is 1.70 bits per heavy atom. The highest BCUT2D eigenvalue weighted by Gasteiger charge is 2.39. The SMILES string of the molecule is C/C=C(\CC)[C@@H](CO[Si](C)(C)C(C)(C)C)N(CC(=O)NCOC)C(=O)OC(C)(C)C. The van der Waals surface area contributed by atoms with Crippen molar-refractivity contribution in [3.05, 3.63) is 11.6 Å². The Morgan fingerprint density at radius 3 is 2.10 bits per heavy atom. The zero-order valence-electron chi connectivity index (χ0n) is 21.0. The van der Waals surface area contributed by atoms with Crippen LogP contribution in [-0.4, -0.2) is 63.9 Å². The lowest BCUT2D eigenvalue weighted by atomic mass is 10.0. The molecule has 0 heterocycles. The lowest BCUT2D eigenvalue weighted by Gasteiger charge is -2.40. The molecule has 0 aromatic rings. The van der Waals surface area contributed by atoms with Gasteiger partial charge in [-0.2, -0.15) is 0 Å². The molecule has 30 heavy (non-hydrogen) atoms. The molecule has 0 fully saturated rings. The summed E-state index contributed by atoms with van der Waals surface area (Å²) in [4.78, 5) is 27.0. The van der Waals surface area contributed by atoms with Crippen molar-refractivity contribution in [1.82, 2.24) is 10.2 Å². The Hall–Kier alpha value is -1.38. The topological polar surface area (TPSA) is 77.1 Å². The zero-order valence-corrected chi connectivity index (χ0v) is 22.0. The number of hydrogen-bond acceptors (Lipinski definition) is 5. The van der Waals surface area contributed by atoms with E-state index in [-0.39, 0.29) is 24.2 Å². The van der Waals surface area contributed by atoms with Crippen molar-refractivity contribution in [2.24, 2.45) is 0 Å². The Labute approximate surface area is 184 Å². The van der Waals surface area contributed by atoms with Gasteiger partial charge in [-0.05, 0) is 57.8 Å². The average molecular weight is 445 g/mol. The minimum absolute atomic E-state index is 0.0342. The second-order valence-corrected chi connectivity index (χ2v) is 14.8. The van der Waals surface area contributed by atoms with Gasteiger partial charge in [-0.15, -0.1) is 0 Å². The summed E-state index contributed by atoms with van der Waals surface area (Å²) in [5.74, 6) is -0.313. The number of hydrogen-bond donors (Lipinski definition) is 1. The van der Waals surface area contributed by atoms with E-state index in [2.05, 4.69) is 39.2 Å². The van der Waals surface area contributed by atoms with E-state index in [0.29, 0.717) is 6.61 Å². The van der Waals surface area contributed by atoms with Crippen LogP contribution < -0.4 is 5.32 Å². The number of amides is 2. The summed E-state index contributed by atoms with van der Waals surface area (Å²) in [7, 11) is -0.557. The molecule has 0 radical (unpaired) electrons. The molecule has 0 aromatic carbocycles. The maximum Gasteiger partial charge on any atom is 0.411 e. The number of ether oxygens (including phenoxy) is 2. The molecule has 0 unspecified atom stereocenters. The lowest BCUT2D eigenvalue weighted by Crippen LogP contribution is -2.52. The predicted octanol–water partition coefficient (Wildman–Crippen LogP) is 4.69. The van der Waals surface area contributed by atoms with E-state index >= 15 is 0 Å². The molecule has 1 N–H and O–H groups in total. The van der Waals surface area contributed by atoms with E-state index in [4.69, 9.17) is 13.9 Å². The van der Waals surface area contributed by atoms with Crippen molar-refractivity contribution in [3.63, 3.8) is 0 Å². The van der Waals surface area contributed by atoms with E-state index < -0.39 is 26.1 Å². The number of methoxy groups -OCH3 is 1. The molecule has 0 spiro atoms. The standard InChI is InChI=1S/C22H44N2O5Si/c1-12-17(13-2)18(15-28-30(10,11)22(6,7)8)24(14-19(25)23-16-27-9)20(26)29-21(3,4)5/h12,18H,13-16H2,1-11H3,(H,23,25)/b17-12+/t18-/m1/s1. The number of nitrogens with one attached hydrogen (secondary N) is 1. The van der Waals surface area contributed by atoms with Crippen LogP contribution in [0.1, 0.15) is 61.8 Å². The molecule has 0 aliphatic rings. The molecule has 0 aliphatic carbocycles. The summed E-state index contributed by atoms with van der Waals surface area (Å²) in [5, 5.41) is 2.68. The highest BCUT2D eigenvalue weighted by molar-refractivity contribution is 6.74. The summed E-state index contributed by atoms with van der Waals surface area (Å²) in [6.45, 7) is 20.5. The number of carbonyl (C=O) groups excluding carboxylic acids is 2. The van der Waals surface area contributed by atoms with Gasteiger partial charge in [-0.1, -0.05) is 33.8 Å². The fourth-order valence-corrected chi connectivity index (χ4v) is 3.53. The summed E-state index contributed by atoms with van der Waals surface area (Å²) in [5.41, 5.74) is 0.352. The van der Waals surface area contributed by atoms with E-state index in [1.165, 1.54) is 12.0 Å². The highest BCUT2D eigenvalue weighted by Crippen LogP contribution is 2.37. The number of allylic oxidation sites excluding steroid dienone is 1. The van der Waals surface area contributed by atoms with Crippen molar-refractivity contribution in [2.75, 3.05) is 27.0 Å². The molecule has 0 rings (SSSR count). The van der Waals surface area contributed by atoms with Crippen LogP contribution in [0.4, 0.5) is 4.79 Å². The first-order valence-electron chi connectivity index (χ1n) is 10.6. The zero-order chi connectivity index (χ0) is 23.8. The van der Waals surface area contributed by atoms with Gasteiger partial charge in [0.1, 0.15) is 18.9 Å². The largest absolute Gasteiger partial charge is 0.444 e. The molecular formula is C22H44N2O5Si. The third-order valence-electron chi connectivity index (χ3n) is 5.35. The molecule has 1 atom stereocenters. The molecule has 0 aliphatic heterocycles. The number of carbonyl (C=O) groups is 2. The summed E-state index contributed by atoms with van der Waals surface area (Å²) in [6, 6.07) is -0.391. The van der Waals surface area contributed by atoms with Crippen molar-refractivity contribution in [1.29, 1.82) is 0 Å². The summed E-state index contributed by atoms with van der Waals surface area (Å²) < 4.78 is 17.0. The first kappa shape index (κ1) is 28.6. The first-order valence-corrected chi connectivity index (χ1v) is 13.5. The van der Waals surface area contributed by atoms with Crippen LogP contribution >= 0.6 is 0 Å². The maximum atomic E-state index is 13.1. The van der Waals surface area contributed by atoms with Gasteiger partial charge in [-0.25, -0.2) is 4.79 Å². The van der Waals surface area contributed by atoms with Gasteiger partial charge in [0, 0.05) is 7.11 Å². The molecule has 2 amide bonds. The van der Waals surface area contributed by atoms with Gasteiger partial charge < -0.3 is 19.2 Å². The normalized spacial score (nSPS) is 14.3. The quantitative estimate of drug-likeness (QED) is 0.300. The predicted molar refractivity (Wildman–Crippen MR) is 124 cm³/mol. The second kappa shape index (κ2) is 11.9. The molecule has 176 valence electrons. The molecule has 0 saturated carbocycles. The Bertz CT molecular complexity index is 591. The van der Waals surface area contributed by atoms with E-state index in [1.807, 2.05) is 40.7 Å². The van der Waals surface area contributed by atoms with Gasteiger partial charge in [0.25, 0.3) is 0 Å². The van der Waals surface area contributed by atoms with Crippen molar-refractivity contribution in [3.8, 4) is 0 Å². The maximum absolute atomic E-state index is 13.1. The van der Waals surface area contributed by atoms with Crippen LogP contribution in [0.15, 0.2) is 11.6 Å². The molecule has 0 aromatic heterocycles. The smallest absolute Gasteiger partial charge is 0.411 e. The second-order valence-electron chi connectivity index (χ2n) is 9.95. The van der Waals surface area contributed by atoms with Crippen molar-refractivity contribution >= 4 is 20.3 Å². The van der Waals surface area contributed by atoms with Gasteiger partial charge in [0.15, 0.2) is 8.32 Å². The van der Waals surface area contributed by atoms with E-state index in [1.54, 1.807) is 0 Å². The Morgan fingerprint density at radius 1 is 1.13 bits per heavy atom. The van der Waals surface area contributed by atoms with Crippen LogP contribution in [0.25, 0.3) is 0 Å². The van der Waals surface area contributed by atoms with E-state index in [9.17, 15) is 9.59 Å². The van der Waals surface area contributed by atoms with Crippen LogP contribution in [0.3, 0.4) is 0 Å². The van der Waals surface area contributed by atoms with Crippen molar-refractivity contribution < 1.29 is 23.5 Å². The molecular weight excluding hydrogens is 400 g/mol. The summed E-state index contributed by atoms with van der Waals surface area (Å²) >= 11 is 0. The Balaban J connectivity index is 5.93. The molecule has 0 bridgehead atoms. The number of nitrogens with zero attached hydrogens (tertiary/aromatic N) is 1. The van der Waals surface area contributed by atoms with Crippen LogP contribution in [0, 0.1) is 0 Å². The molecule has 8 heteroatoms. The van der Waals surface area contributed by atoms with Gasteiger partial charge in [0.05, 0.1) is 12.6 Å². The Kier molecular flexibility index (Phi) is 11.3. The fourth-order valence-electron chi connectivity index (χ4n) is 2.52. The average Bonchev–Trinajstić information content (AvgIpc) is 2.59. The third-order valence-corrected chi connectivity index (χ3v) is 9.85.